The molecule has 156 valence electrons. The lowest BCUT2D eigenvalue weighted by atomic mass is 9.94. The Bertz CT molecular complexity index is 1080. The van der Waals surface area contributed by atoms with Crippen molar-refractivity contribution in [3.8, 4) is 17.2 Å². The van der Waals surface area contributed by atoms with E-state index in [-0.39, 0.29) is 23.1 Å². The molecule has 1 N–H and O–H groups in total. The van der Waals surface area contributed by atoms with Gasteiger partial charge < -0.3 is 14.6 Å². The highest BCUT2D eigenvalue weighted by molar-refractivity contribution is 5.84. The van der Waals surface area contributed by atoms with Crippen molar-refractivity contribution in [3.05, 3.63) is 56.0 Å². The Balaban J connectivity index is 2.04. The standard InChI is InChI=1S/C21H22N4O5/c1-3-30-21(27)14-6-8-24(9-7-14)19-5-4-15(25(28)29)11-17(19)16-10-13(2)23-20(26)18(16)12-22/h4-5,10-11,14H,3,6-9H2,1-2H3,(H,23,26). The highest BCUT2D eigenvalue weighted by atomic mass is 16.6. The van der Waals surface area contributed by atoms with Gasteiger partial charge in [0.1, 0.15) is 11.6 Å². The maximum Gasteiger partial charge on any atom is 0.309 e. The number of benzene rings is 1. The van der Waals surface area contributed by atoms with Crippen LogP contribution in [0.15, 0.2) is 29.1 Å². The Morgan fingerprint density at radius 1 is 1.33 bits per heavy atom. The van der Waals surface area contributed by atoms with E-state index in [9.17, 15) is 25.0 Å². The van der Waals surface area contributed by atoms with E-state index in [1.54, 1.807) is 26.0 Å². The zero-order chi connectivity index (χ0) is 21.8. The first-order valence-corrected chi connectivity index (χ1v) is 9.70. The molecule has 2 heterocycles. The maximum atomic E-state index is 12.3. The largest absolute Gasteiger partial charge is 0.466 e. The van der Waals surface area contributed by atoms with Crippen molar-refractivity contribution >= 4 is 17.3 Å². The number of aryl methyl sites for hydroxylation is 1. The molecule has 0 spiro atoms. The van der Waals surface area contributed by atoms with Crippen LogP contribution in [0.3, 0.4) is 0 Å². The summed E-state index contributed by atoms with van der Waals surface area (Å²) < 4.78 is 5.11. The number of pyridine rings is 1. The molecule has 1 aliphatic heterocycles. The number of rotatable bonds is 5. The number of nitro benzene ring substituents is 1. The van der Waals surface area contributed by atoms with E-state index in [1.807, 2.05) is 11.0 Å². The summed E-state index contributed by atoms with van der Waals surface area (Å²) in [4.78, 5) is 39.7. The van der Waals surface area contributed by atoms with Crippen LogP contribution >= 0.6 is 0 Å². The molecule has 3 rings (SSSR count). The number of esters is 1. The quantitative estimate of drug-likeness (QED) is 0.456. The number of nitriles is 1. The molecule has 0 radical (unpaired) electrons. The fourth-order valence-electron chi connectivity index (χ4n) is 3.76. The molecule has 0 aliphatic carbocycles. The van der Waals surface area contributed by atoms with Gasteiger partial charge in [-0.15, -0.1) is 0 Å². The zero-order valence-electron chi connectivity index (χ0n) is 16.8. The van der Waals surface area contributed by atoms with E-state index in [0.29, 0.717) is 55.0 Å². The van der Waals surface area contributed by atoms with Crippen LogP contribution in [0.5, 0.6) is 0 Å². The minimum Gasteiger partial charge on any atom is -0.466 e. The van der Waals surface area contributed by atoms with Gasteiger partial charge in [0.2, 0.25) is 0 Å². The molecule has 0 saturated carbocycles. The number of nitro groups is 1. The van der Waals surface area contributed by atoms with E-state index < -0.39 is 10.5 Å². The van der Waals surface area contributed by atoms with E-state index in [4.69, 9.17) is 4.74 Å². The predicted molar refractivity (Wildman–Crippen MR) is 110 cm³/mol. The van der Waals surface area contributed by atoms with E-state index >= 15 is 0 Å². The second kappa shape index (κ2) is 8.78. The first kappa shape index (κ1) is 21.0. The summed E-state index contributed by atoms with van der Waals surface area (Å²) in [7, 11) is 0. The monoisotopic (exact) mass is 410 g/mol. The summed E-state index contributed by atoms with van der Waals surface area (Å²) >= 11 is 0. The highest BCUT2D eigenvalue weighted by Crippen LogP contribution is 2.37. The van der Waals surface area contributed by atoms with Crippen molar-refractivity contribution in [1.29, 1.82) is 5.26 Å². The van der Waals surface area contributed by atoms with Crippen LogP contribution in [0.2, 0.25) is 0 Å². The number of aromatic amines is 1. The lowest BCUT2D eigenvalue weighted by Gasteiger charge is -2.34. The van der Waals surface area contributed by atoms with Crippen LogP contribution in [-0.4, -0.2) is 35.6 Å². The molecule has 1 aliphatic rings. The third-order valence-electron chi connectivity index (χ3n) is 5.22. The number of anilines is 1. The van der Waals surface area contributed by atoms with E-state index in [2.05, 4.69) is 4.98 Å². The number of carbonyl (C=O) groups is 1. The highest BCUT2D eigenvalue weighted by Gasteiger charge is 2.28. The van der Waals surface area contributed by atoms with Crippen molar-refractivity contribution in [2.24, 2.45) is 5.92 Å². The van der Waals surface area contributed by atoms with E-state index in [1.165, 1.54) is 12.1 Å². The van der Waals surface area contributed by atoms with Gasteiger partial charge in [-0.2, -0.15) is 5.26 Å². The van der Waals surface area contributed by atoms with Gasteiger partial charge in [-0.25, -0.2) is 0 Å². The molecule has 0 atom stereocenters. The average molecular weight is 410 g/mol. The van der Waals surface area contributed by atoms with Crippen molar-refractivity contribution in [1.82, 2.24) is 4.98 Å². The number of hydrogen-bond donors (Lipinski definition) is 1. The SMILES string of the molecule is CCOC(=O)C1CCN(c2ccc([N+](=O)[O-])cc2-c2cc(C)[nH]c(=O)c2C#N)CC1. The fourth-order valence-corrected chi connectivity index (χ4v) is 3.76. The molecule has 1 fully saturated rings. The molecular weight excluding hydrogens is 388 g/mol. The molecule has 2 aromatic rings. The van der Waals surface area contributed by atoms with E-state index in [0.717, 1.165) is 0 Å². The summed E-state index contributed by atoms with van der Waals surface area (Å²) in [6.07, 6.45) is 1.18. The Hall–Kier alpha value is -3.67. The first-order chi connectivity index (χ1) is 14.3. The summed E-state index contributed by atoms with van der Waals surface area (Å²) in [5.41, 5.74) is 1.28. The van der Waals surface area contributed by atoms with Crippen LogP contribution in [0.4, 0.5) is 11.4 Å². The normalized spacial score (nSPS) is 14.2. The van der Waals surface area contributed by atoms with Gasteiger partial charge in [-0.3, -0.25) is 19.7 Å². The van der Waals surface area contributed by atoms with Crippen LogP contribution in [-0.2, 0) is 9.53 Å². The molecule has 0 amide bonds. The number of piperidine rings is 1. The second-order valence-electron chi connectivity index (χ2n) is 7.15. The Morgan fingerprint density at radius 2 is 2.03 bits per heavy atom. The number of hydrogen-bond acceptors (Lipinski definition) is 7. The zero-order valence-corrected chi connectivity index (χ0v) is 16.8. The third kappa shape index (κ3) is 4.17. The Kier molecular flexibility index (Phi) is 6.16. The number of H-pyrrole nitrogens is 1. The topological polar surface area (TPSA) is 129 Å². The second-order valence-corrected chi connectivity index (χ2v) is 7.15. The number of non-ortho nitro benzene ring substituents is 1. The molecule has 30 heavy (non-hydrogen) atoms. The fraction of sp³-hybridized carbons (Fsp3) is 0.381. The number of aromatic nitrogens is 1. The minimum absolute atomic E-state index is 0.0937. The first-order valence-electron chi connectivity index (χ1n) is 9.70. The van der Waals surface area contributed by atoms with Crippen molar-refractivity contribution < 1.29 is 14.5 Å². The van der Waals surface area contributed by atoms with Gasteiger partial charge in [0.15, 0.2) is 0 Å². The van der Waals surface area contributed by atoms with Gasteiger partial charge >= 0.3 is 5.97 Å². The average Bonchev–Trinajstić information content (AvgIpc) is 2.73. The number of ether oxygens (including phenoxy) is 1. The minimum atomic E-state index is -0.536. The van der Waals surface area contributed by atoms with Gasteiger partial charge in [-0.05, 0) is 38.8 Å². The van der Waals surface area contributed by atoms with Gasteiger partial charge in [-0.1, -0.05) is 0 Å². The molecule has 1 saturated heterocycles. The van der Waals surface area contributed by atoms with Crippen LogP contribution in [0.25, 0.3) is 11.1 Å². The Labute approximate surface area is 173 Å². The van der Waals surface area contributed by atoms with Crippen LogP contribution in [0, 0.1) is 34.3 Å². The maximum absolute atomic E-state index is 12.3. The molecule has 1 aromatic heterocycles. The molecule has 1 aromatic carbocycles. The van der Waals surface area contributed by atoms with Crippen LogP contribution in [0.1, 0.15) is 31.0 Å². The summed E-state index contributed by atoms with van der Waals surface area (Å²) in [6, 6.07) is 7.99. The van der Waals surface area contributed by atoms with Gasteiger partial charge in [0, 0.05) is 47.7 Å². The van der Waals surface area contributed by atoms with Crippen molar-refractivity contribution in [2.45, 2.75) is 26.7 Å². The molecule has 0 bridgehead atoms. The smallest absolute Gasteiger partial charge is 0.309 e. The number of nitrogens with one attached hydrogen (secondary N) is 1. The Morgan fingerprint density at radius 3 is 2.63 bits per heavy atom. The molecule has 9 nitrogen and oxygen atoms in total. The third-order valence-corrected chi connectivity index (χ3v) is 5.22. The van der Waals surface area contributed by atoms with Crippen molar-refractivity contribution in [3.63, 3.8) is 0 Å². The number of carbonyl (C=O) groups excluding carboxylic acids is 1. The molecule has 9 heteroatoms. The summed E-state index contributed by atoms with van der Waals surface area (Å²) in [5.74, 6) is -0.391. The van der Waals surface area contributed by atoms with Crippen molar-refractivity contribution in [2.75, 3.05) is 24.6 Å². The summed E-state index contributed by atoms with van der Waals surface area (Å²) in [6.45, 7) is 4.90. The van der Waals surface area contributed by atoms with Gasteiger partial charge in [0.25, 0.3) is 11.2 Å². The van der Waals surface area contributed by atoms with Gasteiger partial charge in [0.05, 0.1) is 17.4 Å². The summed E-state index contributed by atoms with van der Waals surface area (Å²) in [5, 5.41) is 20.9. The predicted octanol–water partition coefficient (Wildman–Crippen LogP) is 2.91. The molecule has 0 unspecified atom stereocenters. The number of nitrogens with zero attached hydrogens (tertiary/aromatic N) is 3. The lowest BCUT2D eigenvalue weighted by Crippen LogP contribution is -2.37. The van der Waals surface area contributed by atoms with Crippen LogP contribution < -0.4 is 10.5 Å². The molecular formula is C21H22N4O5. The lowest BCUT2D eigenvalue weighted by molar-refractivity contribution is -0.384.